The Balaban J connectivity index is 1.94. The molecule has 1 aromatic heterocycles. The van der Waals surface area contributed by atoms with Gasteiger partial charge in [0.15, 0.2) is 0 Å². The zero-order valence-electron chi connectivity index (χ0n) is 19.3. The van der Waals surface area contributed by atoms with Gasteiger partial charge in [-0.1, -0.05) is 48.4 Å². The summed E-state index contributed by atoms with van der Waals surface area (Å²) >= 11 is 5.98. The number of hydrogen-bond acceptors (Lipinski definition) is 4. The van der Waals surface area contributed by atoms with Crippen molar-refractivity contribution < 1.29 is 8.42 Å². The van der Waals surface area contributed by atoms with Crippen molar-refractivity contribution in [3.63, 3.8) is 0 Å². The minimum atomic E-state index is -3.88. The Morgan fingerprint density at radius 2 is 1.65 bits per heavy atom. The van der Waals surface area contributed by atoms with Gasteiger partial charge in [0.05, 0.1) is 27.5 Å². The van der Waals surface area contributed by atoms with Gasteiger partial charge in [0.25, 0.3) is 5.56 Å². The van der Waals surface area contributed by atoms with E-state index in [0.29, 0.717) is 33.9 Å². The molecule has 0 aliphatic heterocycles. The third-order valence-corrected chi connectivity index (χ3v) is 8.00. The molecule has 176 valence electrons. The van der Waals surface area contributed by atoms with Crippen molar-refractivity contribution in [2.24, 2.45) is 0 Å². The molecule has 0 fully saturated rings. The fraction of sp³-hybridized carbons (Fsp3) is 0.231. The van der Waals surface area contributed by atoms with E-state index in [4.69, 9.17) is 16.6 Å². The summed E-state index contributed by atoms with van der Waals surface area (Å²) < 4.78 is 30.2. The fourth-order valence-corrected chi connectivity index (χ4v) is 5.80. The van der Waals surface area contributed by atoms with Gasteiger partial charge in [-0.15, -0.1) is 0 Å². The van der Waals surface area contributed by atoms with Gasteiger partial charge in [-0.2, -0.15) is 4.31 Å². The molecule has 4 aromatic rings. The summed E-state index contributed by atoms with van der Waals surface area (Å²) in [6.07, 6.45) is 0.597. The van der Waals surface area contributed by atoms with E-state index in [1.165, 1.54) is 21.0 Å². The van der Waals surface area contributed by atoms with Gasteiger partial charge in [0.2, 0.25) is 10.0 Å². The van der Waals surface area contributed by atoms with Crippen LogP contribution in [0.5, 0.6) is 0 Å². The van der Waals surface area contributed by atoms with E-state index >= 15 is 0 Å². The van der Waals surface area contributed by atoms with E-state index in [9.17, 15) is 13.2 Å². The standard InChI is InChI=1S/C26H26ClN3O3S/c1-4-17-29(34(32,33)22-15-11-20(27)12-16-22)19(3)25-28-24-8-6-5-7-23(24)26(31)30(25)21-13-9-18(2)10-14-21/h5-16,19H,4,17H2,1-3H3. The molecule has 0 radical (unpaired) electrons. The molecule has 34 heavy (non-hydrogen) atoms. The Kier molecular flexibility index (Phi) is 6.89. The molecule has 3 aromatic carbocycles. The number of nitrogens with zero attached hydrogens (tertiary/aromatic N) is 3. The Hall–Kier alpha value is -3.00. The lowest BCUT2D eigenvalue weighted by molar-refractivity contribution is 0.327. The third-order valence-electron chi connectivity index (χ3n) is 5.76. The zero-order valence-corrected chi connectivity index (χ0v) is 20.8. The van der Waals surface area contributed by atoms with Gasteiger partial charge >= 0.3 is 0 Å². The lowest BCUT2D eigenvalue weighted by Gasteiger charge is -2.29. The van der Waals surface area contributed by atoms with Crippen molar-refractivity contribution in [1.82, 2.24) is 13.9 Å². The summed E-state index contributed by atoms with van der Waals surface area (Å²) in [5, 5.41) is 0.931. The molecule has 0 spiro atoms. The first-order valence-electron chi connectivity index (χ1n) is 11.1. The van der Waals surface area contributed by atoms with Crippen LogP contribution in [0.2, 0.25) is 5.02 Å². The van der Waals surface area contributed by atoms with Crippen LogP contribution in [0.15, 0.2) is 82.5 Å². The molecular weight excluding hydrogens is 470 g/mol. The topological polar surface area (TPSA) is 72.3 Å². The highest BCUT2D eigenvalue weighted by Crippen LogP contribution is 2.29. The van der Waals surface area contributed by atoms with Crippen molar-refractivity contribution in [1.29, 1.82) is 0 Å². The van der Waals surface area contributed by atoms with Crippen LogP contribution in [0.3, 0.4) is 0 Å². The van der Waals surface area contributed by atoms with E-state index in [1.807, 2.05) is 44.2 Å². The highest BCUT2D eigenvalue weighted by molar-refractivity contribution is 7.89. The van der Waals surface area contributed by atoms with Crippen LogP contribution in [0.1, 0.15) is 37.7 Å². The first-order valence-corrected chi connectivity index (χ1v) is 12.9. The Morgan fingerprint density at radius 1 is 1.00 bits per heavy atom. The van der Waals surface area contributed by atoms with Gasteiger partial charge in [0.1, 0.15) is 5.82 Å². The maximum absolute atomic E-state index is 13.7. The van der Waals surface area contributed by atoms with Crippen molar-refractivity contribution >= 4 is 32.5 Å². The number of sulfonamides is 1. The summed E-state index contributed by atoms with van der Waals surface area (Å²) in [6, 6.07) is 20.0. The van der Waals surface area contributed by atoms with Crippen molar-refractivity contribution in [3.8, 4) is 5.69 Å². The lowest BCUT2D eigenvalue weighted by Crippen LogP contribution is -2.38. The maximum atomic E-state index is 13.7. The van der Waals surface area contributed by atoms with E-state index in [1.54, 1.807) is 37.3 Å². The average Bonchev–Trinajstić information content (AvgIpc) is 2.83. The van der Waals surface area contributed by atoms with E-state index in [-0.39, 0.29) is 17.0 Å². The molecule has 0 N–H and O–H groups in total. The van der Waals surface area contributed by atoms with Gasteiger partial charge in [-0.3, -0.25) is 9.36 Å². The zero-order chi connectivity index (χ0) is 24.5. The van der Waals surface area contributed by atoms with E-state index < -0.39 is 16.1 Å². The van der Waals surface area contributed by atoms with Crippen LogP contribution in [0.4, 0.5) is 0 Å². The second-order valence-corrected chi connectivity index (χ2v) is 10.5. The summed E-state index contributed by atoms with van der Waals surface area (Å²) in [5.41, 5.74) is 1.98. The third kappa shape index (κ3) is 4.51. The lowest BCUT2D eigenvalue weighted by atomic mass is 10.2. The molecule has 0 aliphatic rings. The molecule has 8 heteroatoms. The molecule has 1 atom stereocenters. The highest BCUT2D eigenvalue weighted by atomic mass is 35.5. The second kappa shape index (κ2) is 9.70. The molecule has 0 amide bonds. The Morgan fingerprint density at radius 3 is 2.29 bits per heavy atom. The predicted octanol–water partition coefficient (Wildman–Crippen LogP) is 5.51. The number of benzene rings is 3. The van der Waals surface area contributed by atoms with Crippen LogP contribution < -0.4 is 5.56 Å². The predicted molar refractivity (Wildman–Crippen MR) is 136 cm³/mol. The van der Waals surface area contributed by atoms with E-state index in [0.717, 1.165) is 5.56 Å². The Labute approximate surface area is 204 Å². The van der Waals surface area contributed by atoms with E-state index in [2.05, 4.69) is 0 Å². The normalized spacial score (nSPS) is 12.9. The molecule has 4 rings (SSSR count). The highest BCUT2D eigenvalue weighted by Gasteiger charge is 2.32. The molecule has 0 aliphatic carbocycles. The van der Waals surface area contributed by atoms with Crippen molar-refractivity contribution in [3.05, 3.63) is 99.6 Å². The molecular formula is C26H26ClN3O3S. The monoisotopic (exact) mass is 495 g/mol. The van der Waals surface area contributed by atoms with Crippen LogP contribution in [0, 0.1) is 6.92 Å². The molecule has 1 heterocycles. The first-order chi connectivity index (χ1) is 16.2. The minimum Gasteiger partial charge on any atom is -0.268 e. The average molecular weight is 496 g/mol. The largest absolute Gasteiger partial charge is 0.268 e. The van der Waals surface area contributed by atoms with Crippen LogP contribution in [-0.4, -0.2) is 28.8 Å². The number of aryl methyl sites for hydroxylation is 1. The van der Waals surface area contributed by atoms with Crippen LogP contribution >= 0.6 is 11.6 Å². The smallest absolute Gasteiger partial charge is 0.266 e. The maximum Gasteiger partial charge on any atom is 0.266 e. The molecule has 0 saturated carbocycles. The molecule has 0 saturated heterocycles. The first kappa shape index (κ1) is 24.1. The quantitative estimate of drug-likeness (QED) is 0.339. The fourth-order valence-electron chi connectivity index (χ4n) is 3.99. The number of para-hydroxylation sites is 1. The van der Waals surface area contributed by atoms with Gasteiger partial charge in [-0.25, -0.2) is 13.4 Å². The summed E-state index contributed by atoms with van der Waals surface area (Å²) in [6.45, 7) is 5.92. The molecule has 6 nitrogen and oxygen atoms in total. The van der Waals surface area contributed by atoms with Crippen LogP contribution in [0.25, 0.3) is 16.6 Å². The van der Waals surface area contributed by atoms with Crippen molar-refractivity contribution in [2.75, 3.05) is 6.54 Å². The minimum absolute atomic E-state index is 0.141. The number of aromatic nitrogens is 2. The van der Waals surface area contributed by atoms with Gasteiger partial charge < -0.3 is 0 Å². The van der Waals surface area contributed by atoms with Crippen molar-refractivity contribution in [2.45, 2.75) is 38.1 Å². The van der Waals surface area contributed by atoms with Gasteiger partial charge in [0, 0.05) is 11.6 Å². The second-order valence-electron chi connectivity index (χ2n) is 8.21. The number of halogens is 1. The Bertz CT molecular complexity index is 1480. The number of fused-ring (bicyclic) bond motifs is 1. The summed E-state index contributed by atoms with van der Waals surface area (Å²) in [7, 11) is -3.88. The summed E-state index contributed by atoms with van der Waals surface area (Å²) in [5.74, 6) is 0.360. The SMILES string of the molecule is CCCN(C(C)c1nc2ccccc2c(=O)n1-c1ccc(C)cc1)S(=O)(=O)c1ccc(Cl)cc1. The number of rotatable bonds is 7. The van der Waals surface area contributed by atoms with Gasteiger partial charge in [-0.05, 0) is 68.8 Å². The number of hydrogen-bond donors (Lipinski definition) is 0. The summed E-state index contributed by atoms with van der Waals surface area (Å²) in [4.78, 5) is 18.6. The van der Waals surface area contributed by atoms with Crippen LogP contribution in [-0.2, 0) is 10.0 Å². The molecule has 1 unspecified atom stereocenters. The molecule has 0 bridgehead atoms.